The van der Waals surface area contributed by atoms with E-state index in [1.807, 2.05) is 17.5 Å². The van der Waals surface area contributed by atoms with E-state index in [1.54, 1.807) is 0 Å². The zero-order valence-corrected chi connectivity index (χ0v) is 16.3. The molecule has 3 nitrogen and oxygen atoms in total. The summed E-state index contributed by atoms with van der Waals surface area (Å²) in [5.74, 6) is 0.478. The molecule has 0 atom stereocenters. The lowest BCUT2D eigenvalue weighted by atomic mass is 10.0. The number of thiazole rings is 1. The first-order valence-corrected chi connectivity index (χ1v) is 9.86. The van der Waals surface area contributed by atoms with Gasteiger partial charge in [-0.2, -0.15) is 0 Å². The minimum Gasteiger partial charge on any atom is -0.302 e. The summed E-state index contributed by atoms with van der Waals surface area (Å²) < 4.78 is 0. The molecule has 0 aliphatic heterocycles. The average molecular weight is 365 g/mol. The summed E-state index contributed by atoms with van der Waals surface area (Å²) in [4.78, 5) is 16.8. The third-order valence-corrected chi connectivity index (χ3v) is 5.18. The Hall–Kier alpha value is -2.46. The van der Waals surface area contributed by atoms with Gasteiger partial charge in [-0.1, -0.05) is 69.3 Å². The molecule has 0 spiro atoms. The highest BCUT2D eigenvalue weighted by Gasteiger charge is 2.09. The van der Waals surface area contributed by atoms with Gasteiger partial charge in [0.2, 0.25) is 5.91 Å². The highest BCUT2D eigenvalue weighted by molar-refractivity contribution is 7.14. The molecule has 0 radical (unpaired) electrons. The Labute approximate surface area is 159 Å². The van der Waals surface area contributed by atoms with Crippen LogP contribution >= 0.6 is 11.3 Å². The fraction of sp³-hybridized carbons (Fsp3) is 0.273. The van der Waals surface area contributed by atoms with Gasteiger partial charge < -0.3 is 5.32 Å². The predicted octanol–water partition coefficient (Wildman–Crippen LogP) is 5.68. The Bertz CT molecular complexity index is 864. The van der Waals surface area contributed by atoms with Crippen LogP contribution in [0.2, 0.25) is 0 Å². The minimum atomic E-state index is -0.0368. The molecule has 3 aromatic rings. The van der Waals surface area contributed by atoms with Crippen molar-refractivity contribution in [2.24, 2.45) is 0 Å². The van der Waals surface area contributed by atoms with Crippen molar-refractivity contribution in [1.82, 2.24) is 4.98 Å². The van der Waals surface area contributed by atoms with E-state index in [0.29, 0.717) is 17.5 Å². The Kier molecular flexibility index (Phi) is 5.84. The summed E-state index contributed by atoms with van der Waals surface area (Å²) in [6.45, 7) is 6.49. The first-order valence-electron chi connectivity index (χ1n) is 8.98. The van der Waals surface area contributed by atoms with Crippen LogP contribution in [0.4, 0.5) is 5.13 Å². The van der Waals surface area contributed by atoms with Crippen LogP contribution in [0.1, 0.15) is 43.4 Å². The molecule has 2 aromatic carbocycles. The Balaban J connectivity index is 1.62. The number of carbonyl (C=O) groups excluding carboxylic acids is 1. The van der Waals surface area contributed by atoms with E-state index < -0.39 is 0 Å². The molecule has 0 bridgehead atoms. The summed E-state index contributed by atoms with van der Waals surface area (Å²) >= 11 is 1.46. The second kappa shape index (κ2) is 8.28. The lowest BCUT2D eigenvalue weighted by Crippen LogP contribution is -2.14. The molecule has 1 amide bonds. The number of nitrogens with one attached hydrogen (secondary N) is 1. The van der Waals surface area contributed by atoms with Crippen molar-refractivity contribution >= 4 is 22.4 Å². The second-order valence-electron chi connectivity index (χ2n) is 6.71. The molecule has 0 saturated carbocycles. The zero-order valence-electron chi connectivity index (χ0n) is 15.5. The van der Waals surface area contributed by atoms with Gasteiger partial charge in [0.05, 0.1) is 12.1 Å². The molecule has 26 heavy (non-hydrogen) atoms. The molecular weight excluding hydrogens is 340 g/mol. The molecule has 0 unspecified atom stereocenters. The molecule has 0 saturated heterocycles. The number of amides is 1. The molecule has 1 heterocycles. The van der Waals surface area contributed by atoms with E-state index in [2.05, 4.69) is 67.5 Å². The monoisotopic (exact) mass is 364 g/mol. The molecule has 0 aliphatic rings. The molecule has 0 fully saturated rings. The molecule has 0 aliphatic carbocycles. The van der Waals surface area contributed by atoms with Gasteiger partial charge in [-0.05, 0) is 29.0 Å². The van der Waals surface area contributed by atoms with Gasteiger partial charge in [-0.15, -0.1) is 11.3 Å². The second-order valence-corrected chi connectivity index (χ2v) is 7.57. The first-order chi connectivity index (χ1) is 12.5. The van der Waals surface area contributed by atoms with Crippen LogP contribution in [-0.2, 0) is 17.6 Å². The van der Waals surface area contributed by atoms with Crippen molar-refractivity contribution in [3.8, 4) is 11.3 Å². The zero-order chi connectivity index (χ0) is 18.5. The van der Waals surface area contributed by atoms with E-state index in [9.17, 15) is 4.79 Å². The number of rotatable bonds is 6. The Morgan fingerprint density at radius 1 is 1.04 bits per heavy atom. The summed E-state index contributed by atoms with van der Waals surface area (Å²) in [6.07, 6.45) is 1.37. The Morgan fingerprint density at radius 2 is 1.69 bits per heavy atom. The van der Waals surface area contributed by atoms with Crippen LogP contribution in [0.15, 0.2) is 53.9 Å². The smallest absolute Gasteiger partial charge is 0.230 e. The van der Waals surface area contributed by atoms with Gasteiger partial charge in [0, 0.05) is 10.9 Å². The predicted molar refractivity (Wildman–Crippen MR) is 110 cm³/mol. The third-order valence-electron chi connectivity index (χ3n) is 4.42. The van der Waals surface area contributed by atoms with Crippen LogP contribution in [0.5, 0.6) is 0 Å². The summed E-state index contributed by atoms with van der Waals surface area (Å²) in [5, 5.41) is 5.53. The minimum absolute atomic E-state index is 0.0368. The Morgan fingerprint density at radius 3 is 2.31 bits per heavy atom. The maximum absolute atomic E-state index is 12.3. The number of carbonyl (C=O) groups is 1. The van der Waals surface area contributed by atoms with Gasteiger partial charge >= 0.3 is 0 Å². The maximum Gasteiger partial charge on any atom is 0.230 e. The van der Waals surface area contributed by atoms with Gasteiger partial charge in [0.15, 0.2) is 5.13 Å². The number of aromatic nitrogens is 1. The molecule has 1 N–H and O–H groups in total. The molecule has 134 valence electrons. The van der Waals surface area contributed by atoms with Crippen molar-refractivity contribution in [2.75, 3.05) is 5.32 Å². The van der Waals surface area contributed by atoms with Crippen molar-refractivity contribution in [3.63, 3.8) is 0 Å². The number of anilines is 1. The normalized spacial score (nSPS) is 10.9. The van der Waals surface area contributed by atoms with Crippen molar-refractivity contribution in [3.05, 3.63) is 70.6 Å². The third kappa shape index (κ3) is 4.58. The lowest BCUT2D eigenvalue weighted by Gasteiger charge is -2.05. The number of nitrogens with zero attached hydrogens (tertiary/aromatic N) is 1. The van der Waals surface area contributed by atoms with Gasteiger partial charge in [0.25, 0.3) is 0 Å². The van der Waals surface area contributed by atoms with Gasteiger partial charge in [0.1, 0.15) is 0 Å². The molecule has 3 rings (SSSR count). The summed E-state index contributed by atoms with van der Waals surface area (Å²) in [6, 6.07) is 16.6. The number of aryl methyl sites for hydroxylation is 1. The fourth-order valence-electron chi connectivity index (χ4n) is 2.74. The largest absolute Gasteiger partial charge is 0.302 e. The topological polar surface area (TPSA) is 42.0 Å². The quantitative estimate of drug-likeness (QED) is 0.611. The average Bonchev–Trinajstić information content (AvgIpc) is 3.10. The van der Waals surface area contributed by atoms with Crippen molar-refractivity contribution < 1.29 is 4.79 Å². The number of benzene rings is 2. The first kappa shape index (κ1) is 18.3. The molecule has 1 aromatic heterocycles. The van der Waals surface area contributed by atoms with E-state index in [4.69, 9.17) is 0 Å². The summed E-state index contributed by atoms with van der Waals surface area (Å²) in [7, 11) is 0. The fourth-order valence-corrected chi connectivity index (χ4v) is 3.48. The van der Waals surface area contributed by atoms with Crippen LogP contribution in [-0.4, -0.2) is 10.9 Å². The summed E-state index contributed by atoms with van der Waals surface area (Å²) in [5.41, 5.74) is 5.57. The standard InChI is InChI=1S/C22H24N2OS/c1-4-16-5-7-17(8-6-16)13-21(25)24-22-23-20(14-26-22)19-11-9-18(10-12-19)15(2)3/h5-12,14-15H,4,13H2,1-3H3,(H,23,24,25). The van der Waals surface area contributed by atoms with E-state index in [0.717, 1.165) is 23.2 Å². The maximum atomic E-state index is 12.3. The van der Waals surface area contributed by atoms with Crippen LogP contribution < -0.4 is 5.32 Å². The van der Waals surface area contributed by atoms with E-state index in [1.165, 1.54) is 22.5 Å². The van der Waals surface area contributed by atoms with Crippen LogP contribution in [0, 0.1) is 0 Å². The SMILES string of the molecule is CCc1ccc(CC(=O)Nc2nc(-c3ccc(C(C)C)cc3)cs2)cc1. The van der Waals surface area contributed by atoms with Crippen LogP contribution in [0.25, 0.3) is 11.3 Å². The lowest BCUT2D eigenvalue weighted by molar-refractivity contribution is -0.115. The van der Waals surface area contributed by atoms with Crippen molar-refractivity contribution in [1.29, 1.82) is 0 Å². The number of hydrogen-bond donors (Lipinski definition) is 1. The van der Waals surface area contributed by atoms with Gasteiger partial charge in [-0.3, -0.25) is 4.79 Å². The molecular formula is C22H24N2OS. The van der Waals surface area contributed by atoms with Crippen molar-refractivity contribution in [2.45, 2.75) is 39.5 Å². The van der Waals surface area contributed by atoms with E-state index in [-0.39, 0.29) is 5.91 Å². The van der Waals surface area contributed by atoms with Crippen LogP contribution in [0.3, 0.4) is 0 Å². The van der Waals surface area contributed by atoms with Gasteiger partial charge in [-0.25, -0.2) is 4.98 Å². The number of hydrogen-bond acceptors (Lipinski definition) is 3. The molecule has 4 heteroatoms. The highest BCUT2D eigenvalue weighted by Crippen LogP contribution is 2.26. The van der Waals surface area contributed by atoms with E-state index >= 15 is 0 Å². The highest BCUT2D eigenvalue weighted by atomic mass is 32.1.